The molecule has 5 N–H and O–H groups in total. The Morgan fingerprint density at radius 3 is 2.69 bits per heavy atom. The van der Waals surface area contributed by atoms with Crippen LogP contribution in [-0.4, -0.2) is 58.7 Å². The van der Waals surface area contributed by atoms with Crippen LogP contribution in [0, 0.1) is 5.41 Å². The van der Waals surface area contributed by atoms with E-state index >= 15 is 0 Å². The van der Waals surface area contributed by atoms with E-state index in [1.165, 1.54) is 11.2 Å². The minimum Gasteiger partial charge on any atom is -0.488 e. The van der Waals surface area contributed by atoms with Gasteiger partial charge in [-0.2, -0.15) is 13.2 Å². The third-order valence-corrected chi connectivity index (χ3v) is 5.48. The van der Waals surface area contributed by atoms with Crippen LogP contribution in [0.5, 0.6) is 5.75 Å². The Balaban J connectivity index is 1.50. The molecule has 1 unspecified atom stereocenters. The maximum Gasteiger partial charge on any atom is 0.419 e. The van der Waals surface area contributed by atoms with Gasteiger partial charge in [0.2, 0.25) is 0 Å². The van der Waals surface area contributed by atoms with Crippen LogP contribution in [-0.2, 0) is 0 Å². The van der Waals surface area contributed by atoms with Gasteiger partial charge in [-0.25, -0.2) is 0 Å². The summed E-state index contributed by atoms with van der Waals surface area (Å²) >= 11 is 0. The third-order valence-electron chi connectivity index (χ3n) is 5.48. The zero-order chi connectivity index (χ0) is 21.0. The number of aliphatic hydroxyl groups is 1. The number of anilines is 1. The van der Waals surface area contributed by atoms with Gasteiger partial charge in [-0.1, -0.05) is 0 Å². The van der Waals surface area contributed by atoms with Gasteiger partial charge in [0.05, 0.1) is 17.7 Å². The summed E-state index contributed by atoms with van der Waals surface area (Å²) in [5, 5.41) is 21.0. The molecule has 1 aromatic rings. The quantitative estimate of drug-likeness (QED) is 0.440. The van der Waals surface area contributed by atoms with Gasteiger partial charge < -0.3 is 20.9 Å². The van der Waals surface area contributed by atoms with E-state index in [0.29, 0.717) is 22.7 Å². The van der Waals surface area contributed by atoms with Crippen LogP contribution in [0.3, 0.4) is 0 Å². The number of allylic oxidation sites excluding steroid dienone is 1. The number of aliphatic imine (C=N–C) groups is 1. The number of nitrogen functional groups attached to an aromatic ring is 1. The zero-order valence-corrected chi connectivity index (χ0v) is 15.8. The van der Waals surface area contributed by atoms with Crippen LogP contribution in [0.15, 0.2) is 35.0 Å². The molecule has 4 rings (SSSR count). The molecule has 0 bridgehead atoms. The topological polar surface area (TPSA) is 107 Å². The predicted octanol–water partition coefficient (Wildman–Crippen LogP) is 2.02. The molecule has 2 heterocycles. The summed E-state index contributed by atoms with van der Waals surface area (Å²) < 4.78 is 44.5. The van der Waals surface area contributed by atoms with Crippen molar-refractivity contribution in [1.29, 1.82) is 5.41 Å². The smallest absolute Gasteiger partial charge is 0.419 e. The lowest BCUT2D eigenvalue weighted by molar-refractivity contribution is -0.304. The van der Waals surface area contributed by atoms with Crippen molar-refractivity contribution in [2.75, 3.05) is 18.8 Å². The lowest BCUT2D eigenvalue weighted by Crippen LogP contribution is -2.70. The molecule has 156 valence electrons. The molecule has 29 heavy (non-hydrogen) atoms. The van der Waals surface area contributed by atoms with Crippen LogP contribution in [0.4, 0.5) is 18.9 Å². The van der Waals surface area contributed by atoms with E-state index in [-0.39, 0.29) is 11.3 Å². The summed E-state index contributed by atoms with van der Waals surface area (Å²) in [6.45, 7) is 0.870. The highest BCUT2D eigenvalue weighted by Gasteiger charge is 2.61. The lowest BCUT2D eigenvalue weighted by atomic mass is 9.92. The van der Waals surface area contributed by atoms with E-state index in [4.69, 9.17) is 15.9 Å². The highest BCUT2D eigenvalue weighted by Crippen LogP contribution is 2.41. The van der Waals surface area contributed by atoms with E-state index in [1.807, 2.05) is 6.92 Å². The van der Waals surface area contributed by atoms with Gasteiger partial charge in [0.15, 0.2) is 5.60 Å². The largest absolute Gasteiger partial charge is 0.488 e. The SMILES string of the molecule is CC1(Oc2ccc(N)c(C(=N)C3=CC(N4CC(O)(C(F)(F)F)C4)N=CN3)c2)CC1. The summed E-state index contributed by atoms with van der Waals surface area (Å²) in [4.78, 5) is 5.49. The van der Waals surface area contributed by atoms with Crippen LogP contribution in [0.2, 0.25) is 0 Å². The Kier molecular flexibility index (Phi) is 4.39. The maximum atomic E-state index is 12.9. The fraction of sp³-hybridized carbons (Fsp3) is 0.474. The van der Waals surface area contributed by atoms with Crippen molar-refractivity contribution >= 4 is 17.7 Å². The fourth-order valence-electron chi connectivity index (χ4n) is 3.29. The highest BCUT2D eigenvalue weighted by molar-refractivity contribution is 6.14. The summed E-state index contributed by atoms with van der Waals surface area (Å²) in [6.07, 6.45) is -0.578. The molecule has 0 radical (unpaired) electrons. The number of halogens is 3. The molecule has 2 aliphatic heterocycles. The van der Waals surface area contributed by atoms with Gasteiger partial charge >= 0.3 is 6.18 Å². The van der Waals surface area contributed by atoms with Gasteiger partial charge in [-0.15, -0.1) is 0 Å². The normalized spacial score (nSPS) is 24.9. The first kappa shape index (κ1) is 19.7. The maximum absolute atomic E-state index is 12.9. The predicted molar refractivity (Wildman–Crippen MR) is 102 cm³/mol. The summed E-state index contributed by atoms with van der Waals surface area (Å²) in [7, 11) is 0. The molecule has 1 saturated carbocycles. The van der Waals surface area contributed by atoms with E-state index in [1.54, 1.807) is 24.3 Å². The Bertz CT molecular complexity index is 902. The van der Waals surface area contributed by atoms with Crippen molar-refractivity contribution < 1.29 is 23.0 Å². The number of rotatable bonds is 5. The van der Waals surface area contributed by atoms with Gasteiger partial charge in [-0.3, -0.25) is 15.3 Å². The second-order valence-corrected chi connectivity index (χ2v) is 8.03. The molecule has 1 atom stereocenters. The van der Waals surface area contributed by atoms with E-state index < -0.39 is 31.0 Å². The fourth-order valence-corrected chi connectivity index (χ4v) is 3.29. The average molecular weight is 409 g/mol. The van der Waals surface area contributed by atoms with E-state index in [9.17, 15) is 18.3 Å². The molecule has 0 aromatic heterocycles. The first-order chi connectivity index (χ1) is 13.5. The number of benzene rings is 1. The molecule has 1 aliphatic carbocycles. The van der Waals surface area contributed by atoms with Crippen molar-refractivity contribution in [3.8, 4) is 5.75 Å². The summed E-state index contributed by atoms with van der Waals surface area (Å²) in [5.41, 5.74) is 4.43. The molecular weight excluding hydrogens is 387 g/mol. The number of nitrogens with zero attached hydrogens (tertiary/aromatic N) is 2. The Hall–Kier alpha value is -2.59. The first-order valence-corrected chi connectivity index (χ1v) is 9.21. The minimum atomic E-state index is -4.69. The second kappa shape index (κ2) is 6.46. The molecular formula is C19H22F3N5O2. The number of alkyl halides is 3. The summed E-state index contributed by atoms with van der Waals surface area (Å²) in [5.74, 6) is 0.610. The Labute approximate surface area is 165 Å². The molecule has 3 aliphatic rings. The molecule has 2 fully saturated rings. The number of β-amino-alcohol motifs (C(OH)–C–C–N with tert-alkyl or cyclic N) is 1. The third kappa shape index (κ3) is 3.69. The number of likely N-dealkylation sites (tertiary alicyclic amines) is 1. The van der Waals surface area contributed by atoms with Gasteiger partial charge in [0.1, 0.15) is 17.5 Å². The van der Waals surface area contributed by atoms with Crippen LogP contribution >= 0.6 is 0 Å². The zero-order valence-electron chi connectivity index (χ0n) is 15.8. The Morgan fingerprint density at radius 1 is 1.38 bits per heavy atom. The van der Waals surface area contributed by atoms with Crippen LogP contribution in [0.1, 0.15) is 25.3 Å². The molecule has 7 nitrogen and oxygen atoms in total. The minimum absolute atomic E-state index is 0.0802. The first-order valence-electron chi connectivity index (χ1n) is 9.21. The van der Waals surface area contributed by atoms with Crippen LogP contribution in [0.25, 0.3) is 0 Å². The number of ether oxygens (including phenoxy) is 1. The Morgan fingerprint density at radius 2 is 2.07 bits per heavy atom. The highest BCUT2D eigenvalue weighted by atomic mass is 19.4. The van der Waals surface area contributed by atoms with Gasteiger partial charge in [0.25, 0.3) is 0 Å². The lowest BCUT2D eigenvalue weighted by Gasteiger charge is -2.49. The van der Waals surface area contributed by atoms with Crippen molar-refractivity contribution in [3.05, 3.63) is 35.5 Å². The van der Waals surface area contributed by atoms with E-state index in [0.717, 1.165) is 12.8 Å². The van der Waals surface area contributed by atoms with Gasteiger partial charge in [0, 0.05) is 24.3 Å². The monoisotopic (exact) mass is 409 g/mol. The van der Waals surface area contributed by atoms with Gasteiger partial charge in [-0.05, 0) is 44.0 Å². The number of hydrogen-bond donors (Lipinski definition) is 4. The molecule has 0 spiro atoms. The second-order valence-electron chi connectivity index (χ2n) is 8.03. The van der Waals surface area contributed by atoms with Crippen LogP contribution < -0.4 is 15.8 Å². The summed E-state index contributed by atoms with van der Waals surface area (Å²) in [6, 6.07) is 5.11. The number of nitrogens with one attached hydrogen (secondary N) is 2. The average Bonchev–Trinajstić information content (AvgIpc) is 3.36. The van der Waals surface area contributed by atoms with Crippen molar-refractivity contribution in [2.45, 2.75) is 43.3 Å². The van der Waals surface area contributed by atoms with Crippen molar-refractivity contribution in [2.24, 2.45) is 4.99 Å². The molecule has 1 saturated heterocycles. The standard InChI is InChI=1S/C19H22F3N5O2/c1-17(4-5-17)29-11-2-3-13(23)12(6-11)16(24)14-7-15(26-10-25-14)27-8-18(28,9-27)19(20,21)22/h2-3,6-7,10,15,24,28H,4-5,8-9,23H2,1H3,(H,25,26). The molecule has 1 aromatic carbocycles. The molecule has 0 amide bonds. The number of nitrogens with two attached hydrogens (primary N) is 1. The van der Waals surface area contributed by atoms with Crippen molar-refractivity contribution in [3.63, 3.8) is 0 Å². The van der Waals surface area contributed by atoms with E-state index in [2.05, 4.69) is 10.3 Å². The number of hydrogen-bond acceptors (Lipinski definition) is 7. The van der Waals surface area contributed by atoms with Crippen molar-refractivity contribution in [1.82, 2.24) is 10.2 Å². The molecule has 10 heteroatoms.